The summed E-state index contributed by atoms with van der Waals surface area (Å²) >= 11 is 2.03. The van der Waals surface area contributed by atoms with E-state index in [1.165, 1.54) is 22.8 Å². The largest absolute Gasteiger partial charge is 0.327 e. The summed E-state index contributed by atoms with van der Waals surface area (Å²) in [5.74, 6) is 2.44. The van der Waals surface area contributed by atoms with Crippen molar-refractivity contribution in [1.29, 1.82) is 0 Å². The van der Waals surface area contributed by atoms with Crippen molar-refractivity contribution >= 4 is 34.5 Å². The topological polar surface area (TPSA) is 43.9 Å². The van der Waals surface area contributed by atoms with Crippen LogP contribution < -0.4 is 0 Å². The van der Waals surface area contributed by atoms with Crippen molar-refractivity contribution in [2.24, 2.45) is 0 Å². The van der Waals surface area contributed by atoms with Crippen molar-refractivity contribution in [2.45, 2.75) is 44.3 Å². The maximum Gasteiger partial charge on any atom is 0.327 e. The van der Waals surface area contributed by atoms with Crippen LogP contribution in [0.2, 0.25) is 0 Å². The number of carbonyl (C=O) groups is 2. The van der Waals surface area contributed by atoms with Gasteiger partial charge < -0.3 is 4.90 Å². The number of amides is 3. The summed E-state index contributed by atoms with van der Waals surface area (Å²) < 4.78 is 0. The molecule has 5 nitrogen and oxygen atoms in total. The normalized spacial score (nSPS) is 24.5. The second-order valence-corrected chi connectivity index (χ2v) is 9.79. The molecule has 2 aromatic carbocycles. The van der Waals surface area contributed by atoms with Crippen LogP contribution in [0.3, 0.4) is 0 Å². The quantitative estimate of drug-likeness (QED) is 0.698. The number of imide groups is 1. The highest BCUT2D eigenvalue weighted by molar-refractivity contribution is 7.99. The van der Waals surface area contributed by atoms with Gasteiger partial charge in [-0.25, -0.2) is 4.79 Å². The van der Waals surface area contributed by atoms with E-state index in [1.54, 1.807) is 0 Å². The first kappa shape index (κ1) is 19.9. The van der Waals surface area contributed by atoms with Gasteiger partial charge in [-0.15, -0.1) is 0 Å². The molecule has 3 aliphatic rings. The molecule has 0 saturated carbocycles. The first-order chi connectivity index (χ1) is 14.6. The molecule has 3 heterocycles. The third-order valence-corrected chi connectivity index (χ3v) is 8.34. The zero-order valence-electron chi connectivity index (χ0n) is 17.5. The third kappa shape index (κ3) is 3.12. The van der Waals surface area contributed by atoms with E-state index in [0.717, 1.165) is 42.3 Å². The van der Waals surface area contributed by atoms with E-state index in [1.807, 2.05) is 47.9 Å². The standard InChI is InChI=1S/C24H29N3O2S/c1-2-27-23(29)26(16-19-8-5-7-18-6-3-4-9-21(18)19)22(28)24(27)11-13-25(14-12-24)20-10-15-30-17-20/h3-9,20H,2,10-17H2,1H3/t20-/m1/s1. The second kappa shape index (κ2) is 7.89. The van der Waals surface area contributed by atoms with E-state index in [0.29, 0.717) is 19.1 Å². The van der Waals surface area contributed by atoms with E-state index in [4.69, 9.17) is 0 Å². The number of benzene rings is 2. The molecule has 3 amide bonds. The minimum absolute atomic E-state index is 0.00253. The van der Waals surface area contributed by atoms with Gasteiger partial charge in [0.2, 0.25) is 0 Å². The van der Waals surface area contributed by atoms with Crippen LogP contribution in [0, 0.1) is 0 Å². The van der Waals surface area contributed by atoms with Crippen LogP contribution in [0.25, 0.3) is 10.8 Å². The first-order valence-electron chi connectivity index (χ1n) is 11.1. The van der Waals surface area contributed by atoms with E-state index in [2.05, 4.69) is 23.1 Å². The van der Waals surface area contributed by atoms with E-state index < -0.39 is 5.54 Å². The molecule has 6 heteroatoms. The SMILES string of the molecule is CCN1C(=O)N(Cc2cccc3ccccc23)C(=O)C12CCN([C@@H]1CCSC1)CC2. The van der Waals surface area contributed by atoms with Crippen LogP contribution in [0.15, 0.2) is 42.5 Å². The molecule has 3 saturated heterocycles. The van der Waals surface area contributed by atoms with Gasteiger partial charge in [0.25, 0.3) is 5.91 Å². The summed E-state index contributed by atoms with van der Waals surface area (Å²) in [6.45, 7) is 4.73. The Bertz CT molecular complexity index is 959. The number of piperidine rings is 1. The van der Waals surface area contributed by atoms with Gasteiger partial charge in [0.15, 0.2) is 0 Å². The fourth-order valence-electron chi connectivity index (χ4n) is 5.51. The van der Waals surface area contributed by atoms with Crippen molar-refractivity contribution in [3.8, 4) is 0 Å². The highest BCUT2D eigenvalue weighted by Crippen LogP contribution is 2.39. The first-order valence-corrected chi connectivity index (χ1v) is 12.2. The molecule has 0 N–H and O–H groups in total. The molecular formula is C24H29N3O2S. The molecule has 30 heavy (non-hydrogen) atoms. The lowest BCUT2D eigenvalue weighted by Gasteiger charge is -2.43. The predicted octanol–water partition coefficient (Wildman–Crippen LogP) is 3.96. The molecule has 3 aliphatic heterocycles. The van der Waals surface area contributed by atoms with Crippen molar-refractivity contribution in [2.75, 3.05) is 31.1 Å². The molecule has 2 aromatic rings. The van der Waals surface area contributed by atoms with Crippen LogP contribution in [-0.2, 0) is 11.3 Å². The van der Waals surface area contributed by atoms with Crippen LogP contribution >= 0.6 is 11.8 Å². The molecule has 0 unspecified atom stereocenters. The summed E-state index contributed by atoms with van der Waals surface area (Å²) in [5.41, 5.74) is 0.377. The van der Waals surface area contributed by atoms with Crippen molar-refractivity contribution in [1.82, 2.24) is 14.7 Å². The van der Waals surface area contributed by atoms with Gasteiger partial charge in [0.05, 0.1) is 6.54 Å². The Kier molecular flexibility index (Phi) is 5.23. The van der Waals surface area contributed by atoms with Gasteiger partial charge >= 0.3 is 6.03 Å². The van der Waals surface area contributed by atoms with Gasteiger partial charge in [0.1, 0.15) is 5.54 Å². The Hall–Kier alpha value is -2.05. The fourth-order valence-corrected chi connectivity index (χ4v) is 6.77. The van der Waals surface area contributed by atoms with Crippen LogP contribution in [0.1, 0.15) is 31.7 Å². The van der Waals surface area contributed by atoms with Crippen molar-refractivity contribution < 1.29 is 9.59 Å². The van der Waals surface area contributed by atoms with Gasteiger partial charge in [-0.3, -0.25) is 14.6 Å². The summed E-state index contributed by atoms with van der Waals surface area (Å²) in [5, 5.41) is 2.25. The molecule has 0 bridgehead atoms. The summed E-state index contributed by atoms with van der Waals surface area (Å²) in [4.78, 5) is 32.9. The minimum Gasteiger partial charge on any atom is -0.310 e. The van der Waals surface area contributed by atoms with Gasteiger partial charge in [-0.1, -0.05) is 42.5 Å². The third-order valence-electron chi connectivity index (χ3n) is 7.19. The molecule has 0 aromatic heterocycles. The summed E-state index contributed by atoms with van der Waals surface area (Å²) in [6.07, 6.45) is 2.74. The Morgan fingerprint density at radius 1 is 1.07 bits per heavy atom. The summed E-state index contributed by atoms with van der Waals surface area (Å²) in [6, 6.07) is 14.8. The average Bonchev–Trinajstić information content (AvgIpc) is 3.38. The van der Waals surface area contributed by atoms with E-state index >= 15 is 0 Å². The second-order valence-electron chi connectivity index (χ2n) is 8.64. The molecular weight excluding hydrogens is 394 g/mol. The highest BCUT2D eigenvalue weighted by atomic mass is 32.2. The average molecular weight is 424 g/mol. The lowest BCUT2D eigenvalue weighted by molar-refractivity contribution is -0.136. The number of thioether (sulfide) groups is 1. The number of carbonyl (C=O) groups excluding carboxylic acids is 2. The smallest absolute Gasteiger partial charge is 0.310 e. The van der Waals surface area contributed by atoms with E-state index in [9.17, 15) is 9.59 Å². The Morgan fingerprint density at radius 2 is 1.83 bits per heavy atom. The Balaban J connectivity index is 1.40. The molecule has 3 fully saturated rings. The van der Waals surface area contributed by atoms with Gasteiger partial charge in [-0.2, -0.15) is 11.8 Å². The molecule has 5 rings (SSSR count). The minimum atomic E-state index is -0.654. The number of rotatable bonds is 4. The highest BCUT2D eigenvalue weighted by Gasteiger charge is 2.57. The lowest BCUT2D eigenvalue weighted by Crippen LogP contribution is -2.57. The number of urea groups is 1. The molecule has 1 atom stereocenters. The molecule has 0 aliphatic carbocycles. The fraction of sp³-hybridized carbons (Fsp3) is 0.500. The number of likely N-dealkylation sites (N-methyl/N-ethyl adjacent to an activating group) is 1. The van der Waals surface area contributed by atoms with Crippen molar-refractivity contribution in [3.63, 3.8) is 0 Å². The number of likely N-dealkylation sites (tertiary alicyclic amines) is 1. The van der Waals surface area contributed by atoms with Crippen LogP contribution in [0.5, 0.6) is 0 Å². The van der Waals surface area contributed by atoms with E-state index in [-0.39, 0.29) is 11.9 Å². The summed E-state index contributed by atoms with van der Waals surface area (Å²) in [7, 11) is 0. The number of nitrogens with zero attached hydrogens (tertiary/aromatic N) is 3. The zero-order valence-corrected chi connectivity index (χ0v) is 18.4. The maximum atomic E-state index is 13.7. The molecule has 158 valence electrons. The number of hydrogen-bond acceptors (Lipinski definition) is 4. The van der Waals surface area contributed by atoms with Gasteiger partial charge in [0, 0.05) is 31.4 Å². The molecule has 1 spiro atoms. The van der Waals surface area contributed by atoms with Crippen molar-refractivity contribution in [3.05, 3.63) is 48.0 Å². The number of fused-ring (bicyclic) bond motifs is 1. The monoisotopic (exact) mass is 423 g/mol. The maximum absolute atomic E-state index is 13.7. The number of hydrogen-bond donors (Lipinski definition) is 0. The Morgan fingerprint density at radius 3 is 2.57 bits per heavy atom. The lowest BCUT2D eigenvalue weighted by atomic mass is 9.85. The zero-order chi connectivity index (χ0) is 20.7. The predicted molar refractivity (Wildman–Crippen MR) is 122 cm³/mol. The molecule has 0 radical (unpaired) electrons. The Labute approximate surface area is 182 Å². The van der Waals surface area contributed by atoms with Crippen LogP contribution in [0.4, 0.5) is 4.79 Å². The van der Waals surface area contributed by atoms with Crippen LogP contribution in [-0.4, -0.2) is 69.4 Å². The van der Waals surface area contributed by atoms with Gasteiger partial charge in [-0.05, 0) is 48.3 Å².